The van der Waals surface area contributed by atoms with Crippen molar-refractivity contribution >= 4 is 11.6 Å². The second kappa shape index (κ2) is 6.07. The summed E-state index contributed by atoms with van der Waals surface area (Å²) in [6.07, 6.45) is 2.49. The van der Waals surface area contributed by atoms with Gasteiger partial charge in [0.05, 0.1) is 18.0 Å². The Morgan fingerprint density at radius 2 is 2.38 bits per heavy atom. The summed E-state index contributed by atoms with van der Waals surface area (Å²) >= 11 is 0. The van der Waals surface area contributed by atoms with Crippen molar-refractivity contribution in [1.29, 1.82) is 0 Å². The summed E-state index contributed by atoms with van der Waals surface area (Å²) in [5, 5.41) is 12.0. The van der Waals surface area contributed by atoms with Gasteiger partial charge in [-0.25, -0.2) is 4.98 Å². The number of aliphatic hydroxyl groups is 1. The summed E-state index contributed by atoms with van der Waals surface area (Å²) in [6.45, 7) is 2.23. The largest absolute Gasteiger partial charge is 0.397 e. The Bertz CT molecular complexity index is 338. The van der Waals surface area contributed by atoms with E-state index in [0.717, 1.165) is 6.42 Å². The highest BCUT2D eigenvalue weighted by atomic mass is 16.3. The molecule has 1 aromatic heterocycles. The molecule has 0 aliphatic rings. The van der Waals surface area contributed by atoms with E-state index in [1.165, 1.54) is 6.20 Å². The number of carbonyl (C=O) groups is 1. The standard InChI is InChI=1S/C11H17N3O2/c1-2-3-9(15)7-14-11(16)10-5-4-8(12)6-13-10/h4-6,9,15H,2-3,7,12H2,1H3,(H,14,16). The summed E-state index contributed by atoms with van der Waals surface area (Å²) < 4.78 is 0. The molecule has 16 heavy (non-hydrogen) atoms. The Morgan fingerprint density at radius 3 is 2.94 bits per heavy atom. The van der Waals surface area contributed by atoms with Gasteiger partial charge in [0, 0.05) is 6.54 Å². The van der Waals surface area contributed by atoms with Crippen molar-refractivity contribution in [2.75, 3.05) is 12.3 Å². The zero-order chi connectivity index (χ0) is 12.0. The van der Waals surface area contributed by atoms with Crippen LogP contribution in [0, 0.1) is 0 Å². The molecular formula is C11H17N3O2. The number of hydrogen-bond acceptors (Lipinski definition) is 4. The van der Waals surface area contributed by atoms with Crippen LogP contribution in [-0.2, 0) is 0 Å². The summed E-state index contributed by atoms with van der Waals surface area (Å²) in [5.41, 5.74) is 6.27. The van der Waals surface area contributed by atoms with Crippen LogP contribution < -0.4 is 11.1 Å². The van der Waals surface area contributed by atoms with Crippen LogP contribution in [0.5, 0.6) is 0 Å². The minimum Gasteiger partial charge on any atom is -0.397 e. The number of nitrogen functional groups attached to an aromatic ring is 1. The molecule has 0 bridgehead atoms. The van der Waals surface area contributed by atoms with Gasteiger partial charge < -0.3 is 16.2 Å². The Balaban J connectivity index is 2.43. The molecule has 0 aliphatic carbocycles. The average molecular weight is 223 g/mol. The normalized spacial score (nSPS) is 12.1. The third-order valence-electron chi connectivity index (χ3n) is 2.14. The number of nitrogens with two attached hydrogens (primary N) is 1. The molecule has 0 fully saturated rings. The molecule has 0 aromatic carbocycles. The fraction of sp³-hybridized carbons (Fsp3) is 0.455. The third kappa shape index (κ3) is 3.86. The number of aromatic nitrogens is 1. The first-order valence-corrected chi connectivity index (χ1v) is 5.31. The number of anilines is 1. The lowest BCUT2D eigenvalue weighted by Gasteiger charge is -2.10. The van der Waals surface area contributed by atoms with Crippen LogP contribution in [0.4, 0.5) is 5.69 Å². The molecule has 1 unspecified atom stereocenters. The minimum atomic E-state index is -0.497. The summed E-state index contributed by atoms with van der Waals surface area (Å²) in [6, 6.07) is 3.17. The zero-order valence-corrected chi connectivity index (χ0v) is 9.31. The maximum Gasteiger partial charge on any atom is 0.269 e. The van der Waals surface area contributed by atoms with Crippen LogP contribution in [0.3, 0.4) is 0 Å². The van der Waals surface area contributed by atoms with Gasteiger partial charge in [0.2, 0.25) is 0 Å². The van der Waals surface area contributed by atoms with Crippen molar-refractivity contribution in [3.63, 3.8) is 0 Å². The van der Waals surface area contributed by atoms with Crippen LogP contribution in [0.1, 0.15) is 30.3 Å². The van der Waals surface area contributed by atoms with Crippen molar-refractivity contribution in [3.8, 4) is 0 Å². The van der Waals surface area contributed by atoms with E-state index in [1.807, 2.05) is 6.92 Å². The molecule has 0 saturated carbocycles. The zero-order valence-electron chi connectivity index (χ0n) is 9.31. The lowest BCUT2D eigenvalue weighted by Crippen LogP contribution is -2.32. The van der Waals surface area contributed by atoms with E-state index in [2.05, 4.69) is 10.3 Å². The van der Waals surface area contributed by atoms with Crippen molar-refractivity contribution < 1.29 is 9.90 Å². The Labute approximate surface area is 94.7 Å². The molecule has 5 heteroatoms. The third-order valence-corrected chi connectivity index (χ3v) is 2.14. The van der Waals surface area contributed by atoms with Gasteiger partial charge in [0.1, 0.15) is 5.69 Å². The molecule has 1 aromatic rings. The fourth-order valence-electron chi connectivity index (χ4n) is 1.28. The Morgan fingerprint density at radius 1 is 1.62 bits per heavy atom. The maximum absolute atomic E-state index is 11.5. The Kier molecular flexibility index (Phi) is 4.72. The number of pyridine rings is 1. The van der Waals surface area contributed by atoms with Gasteiger partial charge >= 0.3 is 0 Å². The minimum absolute atomic E-state index is 0.249. The van der Waals surface area contributed by atoms with Crippen LogP contribution in [0.2, 0.25) is 0 Å². The predicted molar refractivity (Wildman–Crippen MR) is 61.9 cm³/mol. The quantitative estimate of drug-likeness (QED) is 0.680. The number of hydrogen-bond donors (Lipinski definition) is 3. The number of carbonyl (C=O) groups excluding carboxylic acids is 1. The monoisotopic (exact) mass is 223 g/mol. The van der Waals surface area contributed by atoms with Crippen LogP contribution in [-0.4, -0.2) is 28.6 Å². The van der Waals surface area contributed by atoms with E-state index in [0.29, 0.717) is 17.8 Å². The van der Waals surface area contributed by atoms with Crippen molar-refractivity contribution in [1.82, 2.24) is 10.3 Å². The van der Waals surface area contributed by atoms with Crippen LogP contribution >= 0.6 is 0 Å². The smallest absolute Gasteiger partial charge is 0.269 e. The predicted octanol–water partition coefficient (Wildman–Crippen LogP) is 0.555. The van der Waals surface area contributed by atoms with Crippen molar-refractivity contribution in [2.45, 2.75) is 25.9 Å². The molecule has 0 aliphatic heterocycles. The highest BCUT2D eigenvalue weighted by Crippen LogP contribution is 2.01. The average Bonchev–Trinajstić information content (AvgIpc) is 2.27. The van der Waals surface area contributed by atoms with E-state index in [-0.39, 0.29) is 12.5 Å². The van der Waals surface area contributed by atoms with E-state index in [9.17, 15) is 9.90 Å². The van der Waals surface area contributed by atoms with Crippen molar-refractivity contribution in [3.05, 3.63) is 24.0 Å². The van der Waals surface area contributed by atoms with Gasteiger partial charge in [0.25, 0.3) is 5.91 Å². The number of amides is 1. The van der Waals surface area contributed by atoms with E-state index in [4.69, 9.17) is 5.73 Å². The molecule has 0 spiro atoms. The van der Waals surface area contributed by atoms with Gasteiger partial charge in [-0.2, -0.15) is 0 Å². The van der Waals surface area contributed by atoms with Crippen LogP contribution in [0.15, 0.2) is 18.3 Å². The molecular weight excluding hydrogens is 206 g/mol. The first kappa shape index (κ1) is 12.4. The second-order valence-corrected chi connectivity index (χ2v) is 3.63. The first-order chi connectivity index (χ1) is 7.63. The highest BCUT2D eigenvalue weighted by molar-refractivity contribution is 5.92. The Hall–Kier alpha value is -1.62. The molecule has 0 radical (unpaired) electrons. The number of nitrogens with zero attached hydrogens (tertiary/aromatic N) is 1. The molecule has 0 saturated heterocycles. The number of rotatable bonds is 5. The maximum atomic E-state index is 11.5. The van der Waals surface area contributed by atoms with E-state index < -0.39 is 6.10 Å². The van der Waals surface area contributed by atoms with Gasteiger partial charge in [-0.05, 0) is 18.6 Å². The summed E-state index contributed by atoms with van der Waals surface area (Å²) in [4.78, 5) is 15.4. The first-order valence-electron chi connectivity index (χ1n) is 5.31. The fourth-order valence-corrected chi connectivity index (χ4v) is 1.28. The topological polar surface area (TPSA) is 88.2 Å². The molecule has 1 amide bonds. The second-order valence-electron chi connectivity index (χ2n) is 3.63. The lowest BCUT2D eigenvalue weighted by molar-refractivity contribution is 0.0905. The van der Waals surface area contributed by atoms with Gasteiger partial charge in [-0.15, -0.1) is 0 Å². The summed E-state index contributed by atoms with van der Waals surface area (Å²) in [7, 11) is 0. The molecule has 1 atom stereocenters. The summed E-state index contributed by atoms with van der Waals surface area (Å²) in [5.74, 6) is -0.296. The molecule has 1 heterocycles. The molecule has 5 nitrogen and oxygen atoms in total. The number of nitrogens with one attached hydrogen (secondary N) is 1. The van der Waals surface area contributed by atoms with Crippen LogP contribution in [0.25, 0.3) is 0 Å². The SMILES string of the molecule is CCCC(O)CNC(=O)c1ccc(N)cn1. The highest BCUT2D eigenvalue weighted by Gasteiger charge is 2.08. The van der Waals surface area contributed by atoms with E-state index >= 15 is 0 Å². The van der Waals surface area contributed by atoms with Gasteiger partial charge in [0.15, 0.2) is 0 Å². The van der Waals surface area contributed by atoms with Gasteiger partial charge in [-0.1, -0.05) is 13.3 Å². The lowest BCUT2D eigenvalue weighted by atomic mass is 10.2. The number of aliphatic hydroxyl groups excluding tert-OH is 1. The van der Waals surface area contributed by atoms with E-state index in [1.54, 1.807) is 12.1 Å². The molecule has 88 valence electrons. The van der Waals surface area contributed by atoms with Crippen molar-refractivity contribution in [2.24, 2.45) is 0 Å². The molecule has 1 rings (SSSR count). The van der Waals surface area contributed by atoms with Gasteiger partial charge in [-0.3, -0.25) is 4.79 Å². The molecule has 4 N–H and O–H groups in total.